The lowest BCUT2D eigenvalue weighted by Crippen LogP contribution is -3.11. The number of nitrogens with one attached hydrogen (secondary N) is 1. The van der Waals surface area contributed by atoms with Gasteiger partial charge in [0.25, 0.3) is 0 Å². The summed E-state index contributed by atoms with van der Waals surface area (Å²) in [5.74, 6) is -0.995. The molecule has 0 aromatic rings. The van der Waals surface area contributed by atoms with E-state index in [1.807, 2.05) is 0 Å². The summed E-state index contributed by atoms with van der Waals surface area (Å²) in [6.45, 7) is 5.80. The van der Waals surface area contributed by atoms with E-state index in [0.29, 0.717) is 0 Å². The van der Waals surface area contributed by atoms with Crippen molar-refractivity contribution in [2.45, 2.75) is 13.3 Å². The molecular weight excluding hydrogens is 158 g/mol. The predicted molar refractivity (Wildman–Crippen MR) is 42.7 cm³/mol. The minimum Gasteiger partial charge on any atom is -0.550 e. The van der Waals surface area contributed by atoms with Gasteiger partial charge >= 0.3 is 0 Å². The second-order valence-electron chi connectivity index (χ2n) is 2.80. The molecule has 1 aliphatic rings. The fraction of sp³-hybridized carbons (Fsp3) is 0.875. The van der Waals surface area contributed by atoms with Crippen molar-refractivity contribution in [3.05, 3.63) is 0 Å². The number of carboxylic acids is 1. The van der Waals surface area contributed by atoms with Gasteiger partial charge in [0, 0.05) is 5.97 Å². The lowest BCUT2D eigenvalue weighted by molar-refractivity contribution is -0.888. The Morgan fingerprint density at radius 2 is 1.92 bits per heavy atom. The van der Waals surface area contributed by atoms with Crippen molar-refractivity contribution in [3.8, 4) is 0 Å². The molecule has 0 radical (unpaired) electrons. The maximum atomic E-state index is 9.26. The van der Waals surface area contributed by atoms with Gasteiger partial charge in [-0.15, -0.1) is 0 Å². The van der Waals surface area contributed by atoms with Crippen LogP contribution in [0.25, 0.3) is 0 Å². The summed E-state index contributed by atoms with van der Waals surface area (Å²) >= 11 is 0. The molecular formula is C8H17NO3. The number of carbonyl (C=O) groups is 1. The van der Waals surface area contributed by atoms with Gasteiger partial charge < -0.3 is 19.5 Å². The number of rotatable bonds is 1. The Balaban J connectivity index is 0.000000217. The summed E-state index contributed by atoms with van der Waals surface area (Å²) in [6.07, 6.45) is 0.111. The van der Waals surface area contributed by atoms with E-state index >= 15 is 0 Å². The van der Waals surface area contributed by atoms with Gasteiger partial charge in [0.2, 0.25) is 0 Å². The van der Waals surface area contributed by atoms with Crippen LogP contribution < -0.4 is 10.0 Å². The molecule has 4 heteroatoms. The van der Waals surface area contributed by atoms with Gasteiger partial charge in [-0.05, 0) is 6.42 Å². The van der Waals surface area contributed by atoms with Crippen LogP contribution in [0, 0.1) is 0 Å². The standard InChI is InChI=1S/C5H11NO.C3H6O2/c1-6-2-4-7-5-3-6;1-2-3(4)5/h2-5H2,1H3;2H2,1H3,(H,4,5). The number of morpholine rings is 1. The van der Waals surface area contributed by atoms with E-state index in [9.17, 15) is 9.90 Å². The third kappa shape index (κ3) is 7.50. The van der Waals surface area contributed by atoms with E-state index in [0.717, 1.165) is 13.2 Å². The zero-order chi connectivity index (χ0) is 9.40. The number of hydrogen-bond donors (Lipinski definition) is 1. The van der Waals surface area contributed by atoms with Gasteiger partial charge in [0.05, 0.1) is 20.3 Å². The molecule has 1 aliphatic heterocycles. The molecule has 1 rings (SSSR count). The maximum absolute atomic E-state index is 9.26. The molecule has 1 heterocycles. The topological polar surface area (TPSA) is 53.8 Å². The number of carbonyl (C=O) groups excluding carboxylic acids is 1. The monoisotopic (exact) mass is 175 g/mol. The Morgan fingerprint density at radius 1 is 1.50 bits per heavy atom. The third-order valence-corrected chi connectivity index (χ3v) is 1.64. The fourth-order valence-electron chi connectivity index (χ4n) is 0.720. The molecule has 0 spiro atoms. The highest BCUT2D eigenvalue weighted by Crippen LogP contribution is 1.71. The lowest BCUT2D eigenvalue weighted by Gasteiger charge is -2.18. The van der Waals surface area contributed by atoms with Crippen LogP contribution in [0.2, 0.25) is 0 Å². The van der Waals surface area contributed by atoms with Crippen molar-refractivity contribution in [1.82, 2.24) is 0 Å². The molecule has 0 bridgehead atoms. The van der Waals surface area contributed by atoms with E-state index in [2.05, 4.69) is 7.05 Å². The van der Waals surface area contributed by atoms with Gasteiger partial charge in [0.15, 0.2) is 0 Å². The van der Waals surface area contributed by atoms with Gasteiger partial charge in [-0.1, -0.05) is 6.92 Å². The van der Waals surface area contributed by atoms with Crippen LogP contribution in [-0.2, 0) is 9.53 Å². The fourth-order valence-corrected chi connectivity index (χ4v) is 0.720. The van der Waals surface area contributed by atoms with Gasteiger partial charge in [-0.25, -0.2) is 0 Å². The second kappa shape index (κ2) is 7.06. The molecule has 0 aromatic heterocycles. The molecule has 4 nitrogen and oxygen atoms in total. The molecule has 0 aliphatic carbocycles. The minimum absolute atomic E-state index is 0.111. The zero-order valence-corrected chi connectivity index (χ0v) is 7.76. The first-order chi connectivity index (χ1) is 5.66. The Labute approximate surface area is 73.1 Å². The maximum Gasteiger partial charge on any atom is 0.101 e. The van der Waals surface area contributed by atoms with E-state index in [-0.39, 0.29) is 6.42 Å². The average molecular weight is 175 g/mol. The lowest BCUT2D eigenvalue weighted by atomic mass is 10.5. The number of quaternary nitrogens is 1. The number of carboxylic acid groups (broad SMARTS) is 1. The molecule has 0 saturated carbocycles. The molecule has 0 unspecified atom stereocenters. The first-order valence-electron chi connectivity index (χ1n) is 4.25. The Bertz CT molecular complexity index is 121. The molecule has 72 valence electrons. The van der Waals surface area contributed by atoms with Crippen molar-refractivity contribution in [2.75, 3.05) is 33.4 Å². The van der Waals surface area contributed by atoms with Crippen molar-refractivity contribution in [3.63, 3.8) is 0 Å². The van der Waals surface area contributed by atoms with E-state index < -0.39 is 5.97 Å². The van der Waals surface area contributed by atoms with Gasteiger partial charge in [-0.3, -0.25) is 0 Å². The number of likely N-dealkylation sites (N-methyl/N-ethyl adjacent to an activating group) is 1. The van der Waals surface area contributed by atoms with E-state index in [4.69, 9.17) is 4.74 Å². The zero-order valence-electron chi connectivity index (χ0n) is 7.76. The van der Waals surface area contributed by atoms with Crippen molar-refractivity contribution >= 4 is 5.97 Å². The smallest absolute Gasteiger partial charge is 0.101 e. The molecule has 1 N–H and O–H groups in total. The quantitative estimate of drug-likeness (QED) is 0.486. The summed E-state index contributed by atoms with van der Waals surface area (Å²) in [7, 11) is 2.20. The SMILES string of the molecule is CCC(=O)[O-].C[NH+]1CCOCC1. The Hall–Kier alpha value is -0.610. The number of hydrogen-bond acceptors (Lipinski definition) is 3. The van der Waals surface area contributed by atoms with Crippen molar-refractivity contribution in [2.24, 2.45) is 0 Å². The predicted octanol–water partition coefficient (Wildman–Crippen LogP) is -2.32. The molecule has 1 saturated heterocycles. The van der Waals surface area contributed by atoms with E-state index in [1.165, 1.54) is 20.0 Å². The highest BCUT2D eigenvalue weighted by molar-refractivity contribution is 5.63. The van der Waals surface area contributed by atoms with Gasteiger partial charge in [-0.2, -0.15) is 0 Å². The van der Waals surface area contributed by atoms with Crippen molar-refractivity contribution < 1.29 is 19.5 Å². The summed E-state index contributed by atoms with van der Waals surface area (Å²) in [4.78, 5) is 10.8. The highest BCUT2D eigenvalue weighted by atomic mass is 16.5. The van der Waals surface area contributed by atoms with Crippen LogP contribution in [0.1, 0.15) is 13.3 Å². The second-order valence-corrected chi connectivity index (χ2v) is 2.80. The first kappa shape index (κ1) is 11.4. The Morgan fingerprint density at radius 3 is 2.08 bits per heavy atom. The summed E-state index contributed by atoms with van der Waals surface area (Å²) in [5, 5.41) is 9.26. The van der Waals surface area contributed by atoms with Crippen LogP contribution in [0.4, 0.5) is 0 Å². The van der Waals surface area contributed by atoms with Gasteiger partial charge in [0.1, 0.15) is 13.1 Å². The minimum atomic E-state index is -0.995. The van der Waals surface area contributed by atoms with Crippen LogP contribution in [0.15, 0.2) is 0 Å². The summed E-state index contributed by atoms with van der Waals surface area (Å²) in [6, 6.07) is 0. The molecule has 0 amide bonds. The van der Waals surface area contributed by atoms with E-state index in [1.54, 1.807) is 4.90 Å². The number of ether oxygens (including phenoxy) is 1. The average Bonchev–Trinajstić information content (AvgIpc) is 2.07. The Kier molecular flexibility index (Phi) is 6.70. The largest absolute Gasteiger partial charge is 0.550 e. The third-order valence-electron chi connectivity index (χ3n) is 1.64. The molecule has 12 heavy (non-hydrogen) atoms. The molecule has 1 fully saturated rings. The van der Waals surface area contributed by atoms with Crippen LogP contribution in [0.3, 0.4) is 0 Å². The van der Waals surface area contributed by atoms with Crippen molar-refractivity contribution in [1.29, 1.82) is 0 Å². The normalized spacial score (nSPS) is 17.8. The molecule has 0 aromatic carbocycles. The van der Waals surface area contributed by atoms with Crippen LogP contribution in [-0.4, -0.2) is 39.3 Å². The van der Waals surface area contributed by atoms with Crippen LogP contribution >= 0.6 is 0 Å². The number of aliphatic carboxylic acids is 1. The molecule has 0 atom stereocenters. The summed E-state index contributed by atoms with van der Waals surface area (Å²) < 4.78 is 5.12. The first-order valence-corrected chi connectivity index (χ1v) is 4.25. The highest BCUT2D eigenvalue weighted by Gasteiger charge is 2.05. The van der Waals surface area contributed by atoms with Crippen LogP contribution in [0.5, 0.6) is 0 Å². The summed E-state index contributed by atoms with van der Waals surface area (Å²) in [5.41, 5.74) is 0.